The van der Waals surface area contributed by atoms with Crippen LogP contribution in [0.1, 0.15) is 22.0 Å². The third kappa shape index (κ3) is 3.05. The lowest BCUT2D eigenvalue weighted by Gasteiger charge is -2.07. The highest BCUT2D eigenvalue weighted by Gasteiger charge is 2.18. The zero-order chi connectivity index (χ0) is 19.8. The van der Waals surface area contributed by atoms with Crippen molar-refractivity contribution in [2.75, 3.05) is 5.32 Å². The van der Waals surface area contributed by atoms with Crippen LogP contribution in [0.15, 0.2) is 42.6 Å². The van der Waals surface area contributed by atoms with Gasteiger partial charge in [0, 0.05) is 30.1 Å². The molecule has 0 aliphatic rings. The standard InChI is InChI=1S/C17H14N8O3/c1-10-9-14(24(21-10)12-3-5-13(6-4-12)25(27)28)19-16(26)15-20-17-18-8-7-11(2)23(17)22-15/h3-9H,1-2H3,(H,19,26). The van der Waals surface area contributed by atoms with Crippen LogP contribution in [-0.2, 0) is 0 Å². The monoisotopic (exact) mass is 378 g/mol. The molecule has 140 valence electrons. The molecule has 0 radical (unpaired) electrons. The number of non-ortho nitro benzene ring substituents is 1. The van der Waals surface area contributed by atoms with Crippen LogP contribution in [0.3, 0.4) is 0 Å². The highest BCUT2D eigenvalue weighted by atomic mass is 16.6. The van der Waals surface area contributed by atoms with Gasteiger partial charge in [-0.3, -0.25) is 14.9 Å². The molecule has 28 heavy (non-hydrogen) atoms. The first-order valence-corrected chi connectivity index (χ1v) is 8.23. The maximum absolute atomic E-state index is 12.6. The number of anilines is 1. The number of nitrogens with zero attached hydrogens (tertiary/aromatic N) is 7. The van der Waals surface area contributed by atoms with E-state index in [2.05, 4.69) is 25.5 Å². The Labute approximate surface area is 157 Å². The van der Waals surface area contributed by atoms with Crippen LogP contribution in [0.2, 0.25) is 0 Å². The number of nitro benzene ring substituents is 1. The fraction of sp³-hybridized carbons (Fsp3) is 0.118. The Morgan fingerprint density at radius 1 is 1.14 bits per heavy atom. The molecule has 4 aromatic rings. The number of hydrogen-bond acceptors (Lipinski definition) is 7. The van der Waals surface area contributed by atoms with Gasteiger partial charge in [0.15, 0.2) is 0 Å². The molecule has 11 heteroatoms. The molecule has 1 aromatic carbocycles. The average molecular weight is 378 g/mol. The first-order valence-electron chi connectivity index (χ1n) is 8.23. The van der Waals surface area contributed by atoms with Gasteiger partial charge >= 0.3 is 0 Å². The van der Waals surface area contributed by atoms with Crippen molar-refractivity contribution < 1.29 is 9.72 Å². The summed E-state index contributed by atoms with van der Waals surface area (Å²) in [4.78, 5) is 31.2. The number of rotatable bonds is 4. The summed E-state index contributed by atoms with van der Waals surface area (Å²) >= 11 is 0. The van der Waals surface area contributed by atoms with E-state index in [-0.39, 0.29) is 11.5 Å². The molecule has 1 amide bonds. The van der Waals surface area contributed by atoms with E-state index in [1.807, 2.05) is 6.92 Å². The molecule has 0 saturated carbocycles. The van der Waals surface area contributed by atoms with Crippen molar-refractivity contribution in [1.29, 1.82) is 0 Å². The lowest BCUT2D eigenvalue weighted by atomic mass is 10.3. The second-order valence-corrected chi connectivity index (χ2v) is 6.04. The van der Waals surface area contributed by atoms with E-state index in [0.29, 0.717) is 23.0 Å². The topological polar surface area (TPSA) is 133 Å². The van der Waals surface area contributed by atoms with Gasteiger partial charge in [-0.2, -0.15) is 10.1 Å². The number of nitrogens with one attached hydrogen (secondary N) is 1. The minimum atomic E-state index is -0.520. The number of aryl methyl sites for hydroxylation is 2. The molecule has 3 heterocycles. The number of carbonyl (C=O) groups excluding carboxylic acids is 1. The number of amides is 1. The maximum atomic E-state index is 12.6. The van der Waals surface area contributed by atoms with Crippen molar-refractivity contribution in [3.63, 3.8) is 0 Å². The second kappa shape index (κ2) is 6.54. The molecule has 3 aromatic heterocycles. The van der Waals surface area contributed by atoms with Crippen molar-refractivity contribution in [2.45, 2.75) is 13.8 Å². The maximum Gasteiger partial charge on any atom is 0.296 e. The van der Waals surface area contributed by atoms with Crippen LogP contribution in [0.25, 0.3) is 11.5 Å². The summed E-state index contributed by atoms with van der Waals surface area (Å²) in [5.74, 6) is 0.161. The summed E-state index contributed by atoms with van der Waals surface area (Å²) in [6, 6.07) is 9.29. The molecule has 11 nitrogen and oxygen atoms in total. The molecule has 0 bridgehead atoms. The Bertz CT molecular complexity index is 1210. The molecule has 0 atom stereocenters. The SMILES string of the molecule is Cc1cc(NC(=O)c2nc3nccc(C)n3n2)n(-c2ccc([N+](=O)[O-])cc2)n1. The zero-order valence-corrected chi connectivity index (χ0v) is 14.9. The summed E-state index contributed by atoms with van der Waals surface area (Å²) in [5, 5.41) is 22.1. The zero-order valence-electron chi connectivity index (χ0n) is 14.9. The third-order valence-corrected chi connectivity index (χ3v) is 4.01. The number of hydrogen-bond donors (Lipinski definition) is 1. The van der Waals surface area contributed by atoms with Crippen LogP contribution < -0.4 is 5.32 Å². The van der Waals surface area contributed by atoms with Gasteiger partial charge in [0.1, 0.15) is 5.82 Å². The summed E-state index contributed by atoms with van der Waals surface area (Å²) < 4.78 is 2.96. The molecule has 0 spiro atoms. The van der Waals surface area contributed by atoms with Gasteiger partial charge in [0.2, 0.25) is 5.82 Å². The van der Waals surface area contributed by atoms with E-state index in [1.165, 1.54) is 21.3 Å². The molecule has 0 unspecified atom stereocenters. The van der Waals surface area contributed by atoms with Crippen molar-refractivity contribution in [2.24, 2.45) is 0 Å². The average Bonchev–Trinajstić information content (AvgIpc) is 3.26. The van der Waals surface area contributed by atoms with Crippen molar-refractivity contribution >= 4 is 23.2 Å². The van der Waals surface area contributed by atoms with Gasteiger partial charge in [-0.25, -0.2) is 14.2 Å². The fourth-order valence-corrected chi connectivity index (χ4v) is 2.68. The van der Waals surface area contributed by atoms with Gasteiger partial charge in [0.05, 0.1) is 16.3 Å². The normalized spacial score (nSPS) is 10.9. The first kappa shape index (κ1) is 17.3. The predicted molar refractivity (Wildman–Crippen MR) is 98.4 cm³/mol. The molecule has 0 aliphatic heterocycles. The van der Waals surface area contributed by atoms with Crippen molar-refractivity contribution in [3.8, 4) is 5.69 Å². The molecule has 1 N–H and O–H groups in total. The molecular formula is C17H14N8O3. The highest BCUT2D eigenvalue weighted by molar-refractivity contribution is 6.01. The quantitative estimate of drug-likeness (QED) is 0.424. The van der Waals surface area contributed by atoms with Crippen molar-refractivity contribution in [1.82, 2.24) is 29.4 Å². The fourth-order valence-electron chi connectivity index (χ4n) is 2.68. The third-order valence-electron chi connectivity index (χ3n) is 4.01. The lowest BCUT2D eigenvalue weighted by molar-refractivity contribution is -0.384. The summed E-state index contributed by atoms with van der Waals surface area (Å²) in [6.07, 6.45) is 1.59. The number of benzene rings is 1. The van der Waals surface area contributed by atoms with Crippen LogP contribution in [0, 0.1) is 24.0 Å². The number of aromatic nitrogens is 6. The Kier molecular flexibility index (Phi) is 4.03. The summed E-state index contributed by atoms with van der Waals surface area (Å²) in [6.45, 7) is 3.60. The Morgan fingerprint density at radius 2 is 1.89 bits per heavy atom. The summed E-state index contributed by atoms with van der Waals surface area (Å²) in [7, 11) is 0. The van der Waals surface area contributed by atoms with Gasteiger partial charge in [-0.05, 0) is 32.0 Å². The van der Waals surface area contributed by atoms with Gasteiger partial charge in [-0.1, -0.05) is 0 Å². The van der Waals surface area contributed by atoms with Crippen molar-refractivity contribution in [3.05, 3.63) is 69.9 Å². The molecule has 4 rings (SSSR count). The van der Waals surface area contributed by atoms with E-state index in [9.17, 15) is 14.9 Å². The minimum absolute atomic E-state index is 0.0316. The largest absolute Gasteiger partial charge is 0.304 e. The summed E-state index contributed by atoms with van der Waals surface area (Å²) in [5.41, 5.74) is 1.99. The van der Waals surface area contributed by atoms with Gasteiger partial charge in [-0.15, -0.1) is 5.10 Å². The van der Waals surface area contributed by atoms with E-state index in [1.54, 1.807) is 37.4 Å². The van der Waals surface area contributed by atoms with E-state index >= 15 is 0 Å². The lowest BCUT2D eigenvalue weighted by Crippen LogP contribution is -2.16. The number of carbonyl (C=O) groups is 1. The van der Waals surface area contributed by atoms with E-state index < -0.39 is 10.8 Å². The Morgan fingerprint density at radius 3 is 2.57 bits per heavy atom. The first-order chi connectivity index (χ1) is 13.4. The Balaban J connectivity index is 1.65. The molecule has 0 fully saturated rings. The van der Waals surface area contributed by atoms with Gasteiger partial charge < -0.3 is 5.32 Å². The van der Waals surface area contributed by atoms with Crippen LogP contribution in [0.4, 0.5) is 11.5 Å². The van der Waals surface area contributed by atoms with Crippen LogP contribution >= 0.6 is 0 Å². The van der Waals surface area contributed by atoms with E-state index in [4.69, 9.17) is 0 Å². The second-order valence-electron chi connectivity index (χ2n) is 6.04. The number of fused-ring (bicyclic) bond motifs is 1. The van der Waals surface area contributed by atoms with Crippen LogP contribution in [-0.4, -0.2) is 40.2 Å². The minimum Gasteiger partial charge on any atom is -0.304 e. The molecule has 0 aliphatic carbocycles. The number of nitro groups is 1. The predicted octanol–water partition coefficient (Wildman–Crippen LogP) is 2.09. The Hall–Kier alpha value is -4.15. The smallest absolute Gasteiger partial charge is 0.296 e. The van der Waals surface area contributed by atoms with Gasteiger partial charge in [0.25, 0.3) is 17.4 Å². The molecule has 0 saturated heterocycles. The highest BCUT2D eigenvalue weighted by Crippen LogP contribution is 2.20. The molecular weight excluding hydrogens is 364 g/mol. The van der Waals surface area contributed by atoms with Crippen LogP contribution in [0.5, 0.6) is 0 Å². The van der Waals surface area contributed by atoms with E-state index in [0.717, 1.165) is 5.69 Å².